The molecule has 58 valence electrons. The van der Waals surface area contributed by atoms with Gasteiger partial charge in [0.2, 0.25) is 0 Å². The van der Waals surface area contributed by atoms with Crippen LogP contribution in [-0.2, 0) is 9.59 Å². The van der Waals surface area contributed by atoms with Crippen molar-refractivity contribution in [2.24, 2.45) is 0 Å². The Labute approximate surface area is 60.8 Å². The fourth-order valence-corrected chi connectivity index (χ4v) is 0.686. The third kappa shape index (κ3) is 3.35. The minimum absolute atomic E-state index is 0.00116. The average molecular weight is 143 g/mol. The average Bonchev–Trinajstić information content (AvgIpc) is 1.91. The summed E-state index contributed by atoms with van der Waals surface area (Å²) >= 11 is 0. The molecule has 1 rings (SSSR count). The summed E-state index contributed by atoms with van der Waals surface area (Å²) < 4.78 is 0. The van der Waals surface area contributed by atoms with Crippen LogP contribution in [-0.4, -0.2) is 24.7 Å². The predicted molar refractivity (Wildman–Crippen MR) is 38.8 cm³/mol. The zero-order valence-electron chi connectivity index (χ0n) is 6.44. The Bertz CT molecular complexity index is 118. The lowest BCUT2D eigenvalue weighted by atomic mass is 10.1. The van der Waals surface area contributed by atoms with Gasteiger partial charge in [-0.15, -0.1) is 0 Å². The molecule has 0 saturated carbocycles. The zero-order valence-corrected chi connectivity index (χ0v) is 6.44. The molecule has 10 heavy (non-hydrogen) atoms. The highest BCUT2D eigenvalue weighted by molar-refractivity contribution is 6.02. The number of rotatable bonds is 0. The molecular weight excluding hydrogens is 130 g/mol. The second-order valence-electron chi connectivity index (χ2n) is 1.86. The van der Waals surface area contributed by atoms with Gasteiger partial charge in [-0.2, -0.15) is 0 Å². The van der Waals surface area contributed by atoms with Crippen molar-refractivity contribution in [3.8, 4) is 0 Å². The Morgan fingerprint density at radius 2 is 1.50 bits per heavy atom. The summed E-state index contributed by atoms with van der Waals surface area (Å²) in [5.41, 5.74) is 0. The molecular formula is C7H13NO2. The predicted octanol–water partition coefficient (Wildman–Crippen LogP) is 0.144. The lowest BCUT2D eigenvalue weighted by Gasteiger charge is -2.07. The molecule has 0 aromatic rings. The van der Waals surface area contributed by atoms with Crippen molar-refractivity contribution in [2.45, 2.75) is 20.3 Å². The van der Waals surface area contributed by atoms with Crippen LogP contribution in [0.25, 0.3) is 0 Å². The van der Waals surface area contributed by atoms with Crippen LogP contribution in [0.15, 0.2) is 0 Å². The van der Waals surface area contributed by atoms with Crippen molar-refractivity contribution in [1.29, 1.82) is 0 Å². The number of carbonyl (C=O) groups excluding carboxylic acids is 2. The molecule has 0 aromatic carbocycles. The minimum Gasteiger partial charge on any atom is -0.303 e. The highest BCUT2D eigenvalue weighted by Crippen LogP contribution is 1.88. The molecule has 0 spiro atoms. The first-order valence-electron chi connectivity index (χ1n) is 3.53. The van der Waals surface area contributed by atoms with E-state index in [2.05, 4.69) is 5.32 Å². The summed E-state index contributed by atoms with van der Waals surface area (Å²) in [6.07, 6.45) is 0.132. The number of ketones is 2. The van der Waals surface area contributed by atoms with Crippen molar-refractivity contribution < 1.29 is 9.59 Å². The molecule has 0 radical (unpaired) electrons. The molecule has 0 unspecified atom stereocenters. The van der Waals surface area contributed by atoms with Gasteiger partial charge in [0, 0.05) is 0 Å². The number of carbonyl (C=O) groups is 2. The van der Waals surface area contributed by atoms with Crippen LogP contribution in [0, 0.1) is 0 Å². The van der Waals surface area contributed by atoms with Gasteiger partial charge in [0.1, 0.15) is 0 Å². The van der Waals surface area contributed by atoms with Gasteiger partial charge in [-0.3, -0.25) is 9.59 Å². The van der Waals surface area contributed by atoms with Crippen molar-refractivity contribution in [3.63, 3.8) is 0 Å². The standard InChI is InChI=1S/C5H7NO2.C2H6/c7-4-1-5(8)3-6-2-4;1-2/h6H,1-3H2;1-2H3. The monoisotopic (exact) mass is 143 g/mol. The molecule has 0 atom stereocenters. The van der Waals surface area contributed by atoms with Crippen LogP contribution in [0.5, 0.6) is 0 Å². The molecule has 1 N–H and O–H groups in total. The second kappa shape index (κ2) is 5.11. The zero-order chi connectivity index (χ0) is 7.98. The smallest absolute Gasteiger partial charge is 0.154 e. The highest BCUT2D eigenvalue weighted by atomic mass is 16.2. The summed E-state index contributed by atoms with van der Waals surface area (Å²) in [5.74, 6) is 0.00231. The molecule has 1 aliphatic rings. The van der Waals surface area contributed by atoms with Gasteiger partial charge in [-0.05, 0) is 0 Å². The molecule has 0 aromatic heterocycles. The van der Waals surface area contributed by atoms with Crippen LogP contribution in [0.1, 0.15) is 20.3 Å². The van der Waals surface area contributed by atoms with Crippen LogP contribution >= 0.6 is 0 Å². The second-order valence-corrected chi connectivity index (χ2v) is 1.86. The maximum atomic E-state index is 10.4. The number of hydrogen-bond acceptors (Lipinski definition) is 3. The summed E-state index contributed by atoms with van der Waals surface area (Å²) in [5, 5.41) is 2.69. The minimum atomic E-state index is 0.00116. The highest BCUT2D eigenvalue weighted by Gasteiger charge is 2.13. The Morgan fingerprint density at radius 3 is 1.70 bits per heavy atom. The number of hydrogen-bond donors (Lipinski definition) is 1. The Kier molecular flexibility index (Phi) is 4.76. The van der Waals surface area contributed by atoms with E-state index in [1.807, 2.05) is 13.8 Å². The first-order chi connectivity index (χ1) is 4.79. The summed E-state index contributed by atoms with van der Waals surface area (Å²) in [6.45, 7) is 4.73. The van der Waals surface area contributed by atoms with E-state index >= 15 is 0 Å². The summed E-state index contributed by atoms with van der Waals surface area (Å²) in [6, 6.07) is 0. The van der Waals surface area contributed by atoms with E-state index in [4.69, 9.17) is 0 Å². The van der Waals surface area contributed by atoms with Gasteiger partial charge in [0.05, 0.1) is 19.5 Å². The van der Waals surface area contributed by atoms with Gasteiger partial charge in [-0.25, -0.2) is 0 Å². The van der Waals surface area contributed by atoms with Crippen LogP contribution in [0.2, 0.25) is 0 Å². The van der Waals surface area contributed by atoms with Crippen molar-refractivity contribution in [2.75, 3.05) is 13.1 Å². The molecule has 1 aliphatic heterocycles. The Balaban J connectivity index is 0.000000371. The van der Waals surface area contributed by atoms with Gasteiger partial charge in [0.15, 0.2) is 11.6 Å². The molecule has 0 aliphatic carbocycles. The fraction of sp³-hybridized carbons (Fsp3) is 0.714. The van der Waals surface area contributed by atoms with Gasteiger partial charge >= 0.3 is 0 Å². The fourth-order valence-electron chi connectivity index (χ4n) is 0.686. The number of Topliss-reactive ketones (excluding diaryl/α,β-unsaturated/α-hetero) is 2. The quantitative estimate of drug-likeness (QED) is 0.491. The molecule has 1 heterocycles. The number of piperidine rings is 1. The summed E-state index contributed by atoms with van der Waals surface area (Å²) in [4.78, 5) is 20.8. The molecule has 0 amide bonds. The molecule has 3 heteroatoms. The van der Waals surface area contributed by atoms with E-state index < -0.39 is 0 Å². The van der Waals surface area contributed by atoms with Crippen LogP contribution in [0.4, 0.5) is 0 Å². The maximum absolute atomic E-state index is 10.4. The summed E-state index contributed by atoms with van der Waals surface area (Å²) in [7, 11) is 0. The van der Waals surface area contributed by atoms with Gasteiger partial charge in [-0.1, -0.05) is 13.8 Å². The lowest BCUT2D eigenvalue weighted by Crippen LogP contribution is -2.36. The SMILES string of the molecule is CC.O=C1CNCC(=O)C1. The van der Waals surface area contributed by atoms with E-state index in [1.54, 1.807) is 0 Å². The van der Waals surface area contributed by atoms with E-state index in [0.717, 1.165) is 0 Å². The molecule has 3 nitrogen and oxygen atoms in total. The van der Waals surface area contributed by atoms with E-state index in [-0.39, 0.29) is 18.0 Å². The van der Waals surface area contributed by atoms with E-state index in [1.165, 1.54) is 0 Å². The first-order valence-corrected chi connectivity index (χ1v) is 3.53. The third-order valence-corrected chi connectivity index (χ3v) is 1.04. The van der Waals surface area contributed by atoms with Crippen molar-refractivity contribution in [1.82, 2.24) is 5.32 Å². The Hall–Kier alpha value is -0.700. The number of nitrogens with one attached hydrogen (secondary N) is 1. The van der Waals surface area contributed by atoms with Gasteiger partial charge < -0.3 is 5.32 Å². The van der Waals surface area contributed by atoms with Crippen LogP contribution < -0.4 is 5.32 Å². The third-order valence-electron chi connectivity index (χ3n) is 1.04. The Morgan fingerprint density at radius 1 is 1.10 bits per heavy atom. The van der Waals surface area contributed by atoms with Crippen molar-refractivity contribution in [3.05, 3.63) is 0 Å². The largest absolute Gasteiger partial charge is 0.303 e. The van der Waals surface area contributed by atoms with Crippen LogP contribution in [0.3, 0.4) is 0 Å². The molecule has 1 saturated heterocycles. The maximum Gasteiger partial charge on any atom is 0.154 e. The molecule has 0 bridgehead atoms. The van der Waals surface area contributed by atoms with E-state index in [9.17, 15) is 9.59 Å². The molecule has 1 fully saturated rings. The van der Waals surface area contributed by atoms with Crippen molar-refractivity contribution >= 4 is 11.6 Å². The normalized spacial score (nSPS) is 17.8. The van der Waals surface area contributed by atoms with E-state index in [0.29, 0.717) is 13.1 Å². The topological polar surface area (TPSA) is 46.2 Å². The van der Waals surface area contributed by atoms with Gasteiger partial charge in [0.25, 0.3) is 0 Å². The lowest BCUT2D eigenvalue weighted by molar-refractivity contribution is -0.128. The first kappa shape index (κ1) is 9.30.